The molecule has 2 N–H and O–H groups in total. The first kappa shape index (κ1) is 18.1. The van der Waals surface area contributed by atoms with E-state index in [1.54, 1.807) is 12.4 Å². The lowest BCUT2D eigenvalue weighted by Crippen LogP contribution is -2.59. The van der Waals surface area contributed by atoms with Gasteiger partial charge in [-0.05, 0) is 37.8 Å². The summed E-state index contributed by atoms with van der Waals surface area (Å²) in [5, 5.41) is 7.40. The van der Waals surface area contributed by atoms with E-state index in [1.807, 2.05) is 17.0 Å². The largest absolute Gasteiger partial charge is 0.371 e. The molecule has 2 fully saturated rings. The zero-order valence-electron chi connectivity index (χ0n) is 16.5. The van der Waals surface area contributed by atoms with Crippen molar-refractivity contribution in [2.45, 2.75) is 50.1 Å². The molecule has 1 saturated carbocycles. The summed E-state index contributed by atoms with van der Waals surface area (Å²) in [7, 11) is 0. The lowest BCUT2D eigenvalue weighted by atomic mass is 9.83. The van der Waals surface area contributed by atoms with Crippen LogP contribution in [0.5, 0.6) is 0 Å². The van der Waals surface area contributed by atoms with Crippen molar-refractivity contribution in [3.8, 4) is 0 Å². The van der Waals surface area contributed by atoms with Crippen LogP contribution < -0.4 is 10.6 Å². The maximum Gasteiger partial charge on any atom is 0.274 e. The van der Waals surface area contributed by atoms with E-state index in [1.165, 1.54) is 31.9 Å². The third kappa shape index (κ3) is 3.45. The molecule has 29 heavy (non-hydrogen) atoms. The third-order valence-electron chi connectivity index (χ3n) is 6.33. The Balaban J connectivity index is 1.39. The van der Waals surface area contributed by atoms with Gasteiger partial charge in [-0.25, -0.2) is 4.98 Å². The Bertz CT molecular complexity index is 914. The Morgan fingerprint density at radius 1 is 1.10 bits per heavy atom. The van der Waals surface area contributed by atoms with Gasteiger partial charge in [-0.1, -0.05) is 25.0 Å². The smallest absolute Gasteiger partial charge is 0.274 e. The molecule has 0 radical (unpaired) electrons. The maximum atomic E-state index is 12.8. The van der Waals surface area contributed by atoms with Crippen LogP contribution in [-0.2, 0) is 0 Å². The molecule has 0 unspecified atom stereocenters. The predicted molar refractivity (Wildman–Crippen MR) is 113 cm³/mol. The molecule has 3 heterocycles. The van der Waals surface area contributed by atoms with Gasteiger partial charge in [-0.3, -0.25) is 14.8 Å². The molecular formula is C22H26N6O. The second-order valence-electron chi connectivity index (χ2n) is 8.18. The van der Waals surface area contributed by atoms with E-state index < -0.39 is 0 Å². The number of hydrogen-bond donors (Lipinski definition) is 2. The monoisotopic (exact) mass is 390 g/mol. The maximum absolute atomic E-state index is 12.8. The van der Waals surface area contributed by atoms with Crippen LogP contribution in [0, 0.1) is 0 Å². The van der Waals surface area contributed by atoms with Crippen molar-refractivity contribution in [2.24, 2.45) is 4.99 Å². The fourth-order valence-electron chi connectivity index (χ4n) is 4.66. The summed E-state index contributed by atoms with van der Waals surface area (Å²) in [6.45, 7) is 1.33. The zero-order valence-corrected chi connectivity index (χ0v) is 16.5. The number of hydrogen-bond acceptors (Lipinski definition) is 5. The fourth-order valence-corrected chi connectivity index (χ4v) is 4.66. The van der Waals surface area contributed by atoms with E-state index >= 15 is 0 Å². The SMILES string of the molecule is O=C(c1cnccn1)N1CCC2(CC1)Nc1ccccc1NC2=NC1CCCC1. The average molecular weight is 390 g/mol. The summed E-state index contributed by atoms with van der Waals surface area (Å²) >= 11 is 0. The van der Waals surface area contributed by atoms with Crippen molar-refractivity contribution < 1.29 is 4.79 Å². The highest BCUT2D eigenvalue weighted by Crippen LogP contribution is 2.38. The number of amidine groups is 1. The Morgan fingerprint density at radius 2 is 1.86 bits per heavy atom. The molecule has 1 saturated heterocycles. The molecule has 2 aliphatic heterocycles. The van der Waals surface area contributed by atoms with E-state index in [2.05, 4.69) is 32.7 Å². The van der Waals surface area contributed by atoms with E-state index in [-0.39, 0.29) is 11.4 Å². The first-order valence-corrected chi connectivity index (χ1v) is 10.5. The van der Waals surface area contributed by atoms with Gasteiger partial charge < -0.3 is 15.5 Å². The van der Waals surface area contributed by atoms with Crippen molar-refractivity contribution in [1.82, 2.24) is 14.9 Å². The van der Waals surface area contributed by atoms with Crippen LogP contribution in [0.3, 0.4) is 0 Å². The summed E-state index contributed by atoms with van der Waals surface area (Å²) in [6.07, 6.45) is 11.2. The molecule has 150 valence electrons. The molecule has 2 aromatic rings. The molecular weight excluding hydrogens is 364 g/mol. The summed E-state index contributed by atoms with van der Waals surface area (Å²) < 4.78 is 0. The van der Waals surface area contributed by atoms with E-state index in [0.29, 0.717) is 24.8 Å². The minimum atomic E-state index is -0.254. The number of carbonyl (C=O) groups excluding carboxylic acids is 1. The number of aromatic nitrogens is 2. The van der Waals surface area contributed by atoms with Gasteiger partial charge in [-0.2, -0.15) is 0 Å². The zero-order chi connectivity index (χ0) is 19.7. The standard InChI is InChI=1S/C22H26N6O/c29-20(19-15-23-11-12-24-19)28-13-9-22(10-14-28)21(25-16-5-1-2-6-16)26-17-7-3-4-8-18(17)27-22/h3-4,7-8,11-12,15-16,27H,1-2,5-6,9-10,13-14H2,(H,25,26). The van der Waals surface area contributed by atoms with Crippen molar-refractivity contribution in [1.29, 1.82) is 0 Å². The van der Waals surface area contributed by atoms with Crippen LogP contribution >= 0.6 is 0 Å². The number of nitrogens with one attached hydrogen (secondary N) is 2. The lowest BCUT2D eigenvalue weighted by Gasteiger charge is -2.46. The molecule has 1 aromatic heterocycles. The molecule has 7 nitrogen and oxygen atoms in total. The predicted octanol–water partition coefficient (Wildman–Crippen LogP) is 3.33. The average Bonchev–Trinajstić information content (AvgIpc) is 3.28. The van der Waals surface area contributed by atoms with Crippen LogP contribution in [0.15, 0.2) is 47.8 Å². The van der Waals surface area contributed by atoms with Crippen molar-refractivity contribution >= 4 is 23.1 Å². The van der Waals surface area contributed by atoms with Crippen LogP contribution in [0.1, 0.15) is 49.0 Å². The van der Waals surface area contributed by atoms with Gasteiger partial charge in [0.15, 0.2) is 0 Å². The number of carbonyl (C=O) groups is 1. The molecule has 1 aliphatic carbocycles. The number of nitrogens with zero attached hydrogens (tertiary/aromatic N) is 4. The van der Waals surface area contributed by atoms with Gasteiger partial charge in [-0.15, -0.1) is 0 Å². The molecule has 1 aromatic carbocycles. The minimum Gasteiger partial charge on any atom is -0.371 e. The summed E-state index contributed by atoms with van der Waals surface area (Å²) in [6, 6.07) is 8.69. The molecule has 0 bridgehead atoms. The van der Waals surface area contributed by atoms with Gasteiger partial charge in [0.1, 0.15) is 11.5 Å². The van der Waals surface area contributed by atoms with Crippen molar-refractivity contribution in [3.05, 3.63) is 48.5 Å². The lowest BCUT2D eigenvalue weighted by molar-refractivity contribution is 0.0698. The number of aliphatic imine (C=N–C) groups is 1. The molecule has 1 amide bonds. The first-order valence-electron chi connectivity index (χ1n) is 10.5. The van der Waals surface area contributed by atoms with Gasteiger partial charge in [0.2, 0.25) is 0 Å². The first-order chi connectivity index (χ1) is 14.2. The summed E-state index contributed by atoms with van der Waals surface area (Å²) in [5.74, 6) is 0.987. The number of amides is 1. The van der Waals surface area contributed by atoms with Gasteiger partial charge in [0.25, 0.3) is 5.91 Å². The van der Waals surface area contributed by atoms with Gasteiger partial charge in [0, 0.05) is 25.5 Å². The van der Waals surface area contributed by atoms with E-state index in [9.17, 15) is 4.79 Å². The third-order valence-corrected chi connectivity index (χ3v) is 6.33. The topological polar surface area (TPSA) is 82.5 Å². The summed E-state index contributed by atoms with van der Waals surface area (Å²) in [5.41, 5.74) is 2.33. The summed E-state index contributed by atoms with van der Waals surface area (Å²) in [4.78, 5) is 28.0. The van der Waals surface area contributed by atoms with Crippen LogP contribution in [0.25, 0.3) is 0 Å². The Hall–Kier alpha value is -2.96. The highest BCUT2D eigenvalue weighted by Gasteiger charge is 2.44. The van der Waals surface area contributed by atoms with Crippen LogP contribution in [-0.4, -0.2) is 51.3 Å². The number of para-hydroxylation sites is 2. The Morgan fingerprint density at radius 3 is 2.59 bits per heavy atom. The molecule has 5 rings (SSSR count). The number of likely N-dealkylation sites (tertiary alicyclic amines) is 1. The molecule has 1 spiro atoms. The highest BCUT2D eigenvalue weighted by atomic mass is 16.2. The quantitative estimate of drug-likeness (QED) is 0.822. The van der Waals surface area contributed by atoms with Crippen molar-refractivity contribution in [2.75, 3.05) is 23.7 Å². The van der Waals surface area contributed by atoms with E-state index in [0.717, 1.165) is 30.1 Å². The molecule has 3 aliphatic rings. The molecule has 0 atom stereocenters. The normalized spacial score (nSPS) is 22.2. The van der Waals surface area contributed by atoms with Gasteiger partial charge in [0.05, 0.1) is 29.2 Å². The Labute approximate surface area is 170 Å². The Kier molecular flexibility index (Phi) is 4.66. The molecule has 7 heteroatoms. The number of anilines is 2. The number of piperidine rings is 1. The number of benzene rings is 1. The highest BCUT2D eigenvalue weighted by molar-refractivity contribution is 6.09. The van der Waals surface area contributed by atoms with Crippen LogP contribution in [0.4, 0.5) is 11.4 Å². The van der Waals surface area contributed by atoms with E-state index in [4.69, 9.17) is 4.99 Å². The fraction of sp³-hybridized carbons (Fsp3) is 0.455. The number of rotatable bonds is 2. The van der Waals surface area contributed by atoms with Crippen molar-refractivity contribution in [3.63, 3.8) is 0 Å². The number of fused-ring (bicyclic) bond motifs is 1. The van der Waals surface area contributed by atoms with Gasteiger partial charge >= 0.3 is 0 Å². The van der Waals surface area contributed by atoms with Crippen LogP contribution in [0.2, 0.25) is 0 Å². The second-order valence-corrected chi connectivity index (χ2v) is 8.18. The second kappa shape index (κ2) is 7.46. The minimum absolute atomic E-state index is 0.0496.